The summed E-state index contributed by atoms with van der Waals surface area (Å²) in [6.45, 7) is 9.45. The number of esters is 1. The van der Waals surface area contributed by atoms with E-state index in [1.165, 1.54) is 0 Å². The minimum absolute atomic E-state index is 0.0970. The normalized spacial score (nSPS) is 21.8. The van der Waals surface area contributed by atoms with Crippen molar-refractivity contribution in [3.8, 4) is 0 Å². The van der Waals surface area contributed by atoms with Crippen molar-refractivity contribution in [2.45, 2.75) is 52.2 Å². The van der Waals surface area contributed by atoms with Crippen molar-refractivity contribution in [1.82, 2.24) is 14.8 Å². The number of carbonyl (C=O) groups is 2. The summed E-state index contributed by atoms with van der Waals surface area (Å²) >= 11 is 2.12. The smallest absolute Gasteiger partial charge is 0.413 e. The van der Waals surface area contributed by atoms with E-state index in [0.717, 1.165) is 9.09 Å². The first kappa shape index (κ1) is 19.8. The second kappa shape index (κ2) is 6.92. The molecule has 0 aliphatic heterocycles. The van der Waals surface area contributed by atoms with Crippen LogP contribution in [-0.2, 0) is 19.8 Å². The van der Waals surface area contributed by atoms with Gasteiger partial charge in [-0.25, -0.2) is 19.3 Å². The van der Waals surface area contributed by atoms with Crippen molar-refractivity contribution >= 4 is 51.5 Å². The third-order valence-corrected chi connectivity index (χ3v) is 5.19. The molecule has 0 unspecified atom stereocenters. The molecule has 9 heteroatoms. The molecule has 0 aromatic carbocycles. The fourth-order valence-electron chi connectivity index (χ4n) is 3.05. The molecule has 1 saturated carbocycles. The van der Waals surface area contributed by atoms with Crippen LogP contribution in [0.25, 0.3) is 11.0 Å². The van der Waals surface area contributed by atoms with E-state index < -0.39 is 17.2 Å². The fourth-order valence-corrected chi connectivity index (χ4v) is 3.68. The molecule has 0 radical (unpaired) electrons. The molecule has 1 fully saturated rings. The fraction of sp³-hybridized carbons (Fsp3) is 0.556. The molecule has 0 spiro atoms. The Hall–Kier alpha value is -1.91. The van der Waals surface area contributed by atoms with Gasteiger partial charge in [-0.15, -0.1) is 0 Å². The number of nitrogens with one attached hydrogen (secondary N) is 1. The quantitative estimate of drug-likeness (QED) is 0.524. The van der Waals surface area contributed by atoms with Gasteiger partial charge in [0.2, 0.25) is 0 Å². The van der Waals surface area contributed by atoms with E-state index >= 15 is 0 Å². The van der Waals surface area contributed by atoms with Crippen LogP contribution in [-0.4, -0.2) is 39.0 Å². The van der Waals surface area contributed by atoms with E-state index in [1.807, 2.05) is 13.0 Å². The summed E-state index contributed by atoms with van der Waals surface area (Å²) in [5.41, 5.74) is -0.914. The van der Waals surface area contributed by atoms with Crippen molar-refractivity contribution in [3.05, 3.63) is 15.8 Å². The lowest BCUT2D eigenvalue weighted by Gasteiger charge is -2.19. The minimum atomic E-state index is -0.838. The summed E-state index contributed by atoms with van der Waals surface area (Å²) in [4.78, 5) is 29.2. The molecule has 1 aliphatic carbocycles. The Balaban J connectivity index is 1.98. The Labute approximate surface area is 171 Å². The summed E-state index contributed by atoms with van der Waals surface area (Å²) in [5.74, 6) is 0.131. The van der Waals surface area contributed by atoms with Gasteiger partial charge in [-0.1, -0.05) is 6.92 Å². The number of fused-ring (bicyclic) bond motifs is 1. The largest absolute Gasteiger partial charge is 0.464 e. The van der Waals surface area contributed by atoms with Crippen LogP contribution in [0.4, 0.5) is 10.6 Å². The Morgan fingerprint density at radius 1 is 1.41 bits per heavy atom. The molecule has 0 saturated heterocycles. The number of nitrogens with zero attached hydrogens (tertiary/aromatic N) is 3. The molecule has 1 N–H and O–H groups in total. The highest BCUT2D eigenvalue weighted by Crippen LogP contribution is 2.52. The number of anilines is 1. The highest BCUT2D eigenvalue weighted by Gasteiger charge is 2.62. The second-order valence-electron chi connectivity index (χ2n) is 7.65. The molecule has 8 nitrogen and oxygen atoms in total. The van der Waals surface area contributed by atoms with Crippen molar-refractivity contribution < 1.29 is 19.1 Å². The number of ether oxygens (including phenoxy) is 2. The minimum Gasteiger partial charge on any atom is -0.464 e. The predicted octanol–water partition coefficient (Wildman–Crippen LogP) is 3.68. The van der Waals surface area contributed by atoms with E-state index in [9.17, 15) is 9.59 Å². The zero-order valence-electron chi connectivity index (χ0n) is 16.0. The number of aromatic nitrogens is 3. The van der Waals surface area contributed by atoms with Gasteiger partial charge in [0.15, 0.2) is 11.2 Å². The van der Waals surface area contributed by atoms with Gasteiger partial charge in [-0.2, -0.15) is 5.10 Å². The number of halogens is 1. The van der Waals surface area contributed by atoms with Gasteiger partial charge < -0.3 is 9.47 Å². The average Bonchev–Trinajstić information content (AvgIpc) is 3.12. The van der Waals surface area contributed by atoms with E-state index in [1.54, 1.807) is 38.4 Å². The van der Waals surface area contributed by atoms with E-state index in [-0.39, 0.29) is 11.9 Å². The summed E-state index contributed by atoms with van der Waals surface area (Å²) < 4.78 is 12.9. The van der Waals surface area contributed by atoms with Gasteiger partial charge in [0.25, 0.3) is 0 Å². The van der Waals surface area contributed by atoms with Gasteiger partial charge >= 0.3 is 12.1 Å². The van der Waals surface area contributed by atoms with Crippen molar-refractivity contribution in [2.75, 3.05) is 11.9 Å². The number of hydrogen-bond donors (Lipinski definition) is 1. The SMILES string of the molecule is CCOC(=O)[C@]1(n2nc(I)c3ccc(NC(=O)OC(C)(C)C)nc32)C[C@@H]1C. The van der Waals surface area contributed by atoms with Crippen LogP contribution < -0.4 is 5.32 Å². The number of carbonyl (C=O) groups excluding carboxylic acids is 2. The highest BCUT2D eigenvalue weighted by molar-refractivity contribution is 14.1. The van der Waals surface area contributed by atoms with Crippen LogP contribution in [0.3, 0.4) is 0 Å². The summed E-state index contributed by atoms with van der Waals surface area (Å²) in [6, 6.07) is 3.51. The molecule has 146 valence electrons. The van der Waals surface area contributed by atoms with Gasteiger partial charge in [-0.05, 0) is 74.8 Å². The molecular weight excluding hydrogens is 463 g/mol. The van der Waals surface area contributed by atoms with Crippen LogP contribution in [0, 0.1) is 9.62 Å². The Bertz CT molecular complexity index is 905. The molecule has 0 bridgehead atoms. The highest BCUT2D eigenvalue weighted by atomic mass is 127. The maximum Gasteiger partial charge on any atom is 0.413 e. The Morgan fingerprint density at radius 2 is 2.07 bits per heavy atom. The average molecular weight is 486 g/mol. The zero-order valence-corrected chi connectivity index (χ0v) is 18.2. The molecule has 1 amide bonds. The Kier molecular flexibility index (Phi) is 5.08. The van der Waals surface area contributed by atoms with Crippen molar-refractivity contribution in [2.24, 2.45) is 5.92 Å². The number of hydrogen-bond acceptors (Lipinski definition) is 6. The van der Waals surface area contributed by atoms with Gasteiger partial charge in [0.1, 0.15) is 15.1 Å². The lowest BCUT2D eigenvalue weighted by atomic mass is 10.2. The molecule has 2 atom stereocenters. The molecule has 2 aromatic rings. The molecule has 2 aromatic heterocycles. The molecule has 1 aliphatic rings. The number of amides is 1. The van der Waals surface area contributed by atoms with Crippen LogP contribution >= 0.6 is 22.6 Å². The predicted molar refractivity (Wildman–Crippen MR) is 108 cm³/mol. The Morgan fingerprint density at radius 3 is 2.63 bits per heavy atom. The standard InChI is InChI=1S/C18H23IN4O4/c1-6-26-15(24)18(9-10(18)2)23-14-11(13(19)22-23)7-8-12(20-14)21-16(25)27-17(3,4)5/h7-8,10H,6,9H2,1-5H3,(H,20,21,25)/t10-,18-/m0/s1. The lowest BCUT2D eigenvalue weighted by molar-refractivity contribution is -0.149. The van der Waals surface area contributed by atoms with Crippen LogP contribution in [0.5, 0.6) is 0 Å². The second-order valence-corrected chi connectivity index (χ2v) is 8.67. The molecule has 2 heterocycles. The lowest BCUT2D eigenvalue weighted by Crippen LogP contribution is -2.33. The van der Waals surface area contributed by atoms with Crippen LogP contribution in [0.2, 0.25) is 0 Å². The first-order valence-electron chi connectivity index (χ1n) is 8.81. The van der Waals surface area contributed by atoms with Gasteiger partial charge in [0.05, 0.1) is 12.0 Å². The monoisotopic (exact) mass is 486 g/mol. The van der Waals surface area contributed by atoms with E-state index in [0.29, 0.717) is 24.5 Å². The summed E-state index contributed by atoms with van der Waals surface area (Å²) in [5, 5.41) is 8.00. The number of pyridine rings is 1. The zero-order chi connectivity index (χ0) is 20.0. The molecular formula is C18H23IN4O4. The molecule has 27 heavy (non-hydrogen) atoms. The first-order valence-corrected chi connectivity index (χ1v) is 9.89. The van der Waals surface area contributed by atoms with Crippen molar-refractivity contribution in [3.63, 3.8) is 0 Å². The first-order chi connectivity index (χ1) is 12.6. The van der Waals surface area contributed by atoms with Crippen LogP contribution in [0.15, 0.2) is 12.1 Å². The maximum absolute atomic E-state index is 12.6. The van der Waals surface area contributed by atoms with Gasteiger partial charge in [-0.3, -0.25) is 5.32 Å². The van der Waals surface area contributed by atoms with Gasteiger partial charge in [0, 0.05) is 0 Å². The molecule has 3 rings (SSSR count). The van der Waals surface area contributed by atoms with E-state index in [2.05, 4.69) is 38.0 Å². The third-order valence-electron chi connectivity index (χ3n) is 4.39. The van der Waals surface area contributed by atoms with Crippen LogP contribution in [0.1, 0.15) is 41.0 Å². The topological polar surface area (TPSA) is 95.3 Å². The summed E-state index contributed by atoms with van der Waals surface area (Å²) in [6.07, 6.45) is 0.0550. The van der Waals surface area contributed by atoms with E-state index in [4.69, 9.17) is 9.47 Å². The number of rotatable bonds is 4. The third kappa shape index (κ3) is 3.74. The summed E-state index contributed by atoms with van der Waals surface area (Å²) in [7, 11) is 0. The maximum atomic E-state index is 12.6. The van der Waals surface area contributed by atoms with Crippen molar-refractivity contribution in [1.29, 1.82) is 0 Å².